The lowest BCUT2D eigenvalue weighted by Crippen LogP contribution is -2.31. The van der Waals surface area contributed by atoms with Gasteiger partial charge < -0.3 is 20.7 Å². The first-order chi connectivity index (χ1) is 15.1. The van der Waals surface area contributed by atoms with Gasteiger partial charge in [-0.2, -0.15) is 0 Å². The number of hydrogen-bond donors (Lipinski definition) is 3. The van der Waals surface area contributed by atoms with E-state index in [4.69, 9.17) is 4.74 Å². The Morgan fingerprint density at radius 1 is 0.968 bits per heavy atom. The number of urea groups is 1. The summed E-state index contributed by atoms with van der Waals surface area (Å²) in [7, 11) is 0. The molecule has 3 aromatic rings. The van der Waals surface area contributed by atoms with E-state index >= 15 is 0 Å². The molecule has 0 saturated carbocycles. The van der Waals surface area contributed by atoms with Crippen LogP contribution in [0, 0.1) is 0 Å². The number of carbonyl (C=O) groups excluding carboxylic acids is 3. The number of carbonyl (C=O) groups is 3. The van der Waals surface area contributed by atoms with Gasteiger partial charge in [0.15, 0.2) is 5.13 Å². The zero-order valence-corrected chi connectivity index (χ0v) is 17.7. The lowest BCUT2D eigenvalue weighted by Gasteiger charge is -2.07. The van der Waals surface area contributed by atoms with Gasteiger partial charge in [0.1, 0.15) is 4.88 Å². The summed E-state index contributed by atoms with van der Waals surface area (Å²) in [5.41, 5.74) is 1.87. The van der Waals surface area contributed by atoms with Crippen molar-refractivity contribution in [3.63, 3.8) is 0 Å². The molecule has 0 radical (unpaired) electrons. The fourth-order valence-corrected chi connectivity index (χ4v) is 3.57. The number of para-hydroxylation sites is 1. The van der Waals surface area contributed by atoms with Crippen LogP contribution in [-0.4, -0.2) is 36.0 Å². The maximum Gasteiger partial charge on any atom is 0.350 e. The number of esters is 1. The Labute approximate surface area is 183 Å². The molecule has 0 bridgehead atoms. The Morgan fingerprint density at radius 2 is 1.65 bits per heavy atom. The van der Waals surface area contributed by atoms with Crippen LogP contribution in [0.25, 0.3) is 11.3 Å². The third-order valence-electron chi connectivity index (χ3n) is 4.05. The van der Waals surface area contributed by atoms with Gasteiger partial charge in [-0.15, -0.1) is 0 Å². The first-order valence-corrected chi connectivity index (χ1v) is 10.5. The van der Waals surface area contributed by atoms with Crippen LogP contribution >= 0.6 is 11.3 Å². The van der Waals surface area contributed by atoms with Gasteiger partial charge in [0, 0.05) is 24.2 Å². The van der Waals surface area contributed by atoms with Crippen molar-refractivity contribution in [2.24, 2.45) is 0 Å². The van der Waals surface area contributed by atoms with Crippen molar-refractivity contribution in [3.8, 4) is 11.3 Å². The molecule has 3 rings (SSSR count). The molecule has 0 atom stereocenters. The normalized spacial score (nSPS) is 10.2. The Hall–Kier alpha value is -3.72. The van der Waals surface area contributed by atoms with Gasteiger partial charge >= 0.3 is 12.0 Å². The average molecular weight is 439 g/mol. The number of thiazole rings is 1. The van der Waals surface area contributed by atoms with E-state index in [9.17, 15) is 14.4 Å². The van der Waals surface area contributed by atoms with Crippen molar-refractivity contribution in [1.29, 1.82) is 0 Å². The molecule has 0 unspecified atom stereocenters. The van der Waals surface area contributed by atoms with E-state index in [-0.39, 0.29) is 25.5 Å². The predicted octanol–water partition coefficient (Wildman–Crippen LogP) is 4.14. The lowest BCUT2D eigenvalue weighted by molar-refractivity contribution is -0.116. The number of rotatable bonds is 8. The quantitative estimate of drug-likeness (QED) is 0.458. The van der Waals surface area contributed by atoms with Crippen molar-refractivity contribution in [2.75, 3.05) is 23.8 Å². The van der Waals surface area contributed by atoms with E-state index in [1.807, 2.05) is 48.5 Å². The van der Waals surface area contributed by atoms with Crippen LogP contribution < -0.4 is 16.0 Å². The second-order valence-corrected chi connectivity index (χ2v) is 7.33. The van der Waals surface area contributed by atoms with E-state index in [2.05, 4.69) is 20.9 Å². The van der Waals surface area contributed by atoms with Crippen molar-refractivity contribution in [3.05, 3.63) is 65.5 Å². The maximum absolute atomic E-state index is 12.3. The molecule has 8 nitrogen and oxygen atoms in total. The molecule has 2 aromatic carbocycles. The molecule has 0 aliphatic rings. The molecular weight excluding hydrogens is 416 g/mol. The molecular formula is C22H22N4O4S. The molecule has 0 spiro atoms. The summed E-state index contributed by atoms with van der Waals surface area (Å²) in [6.45, 7) is 2.11. The molecule has 0 aliphatic carbocycles. The number of benzene rings is 2. The zero-order chi connectivity index (χ0) is 22.1. The van der Waals surface area contributed by atoms with E-state index in [0.717, 1.165) is 16.9 Å². The molecule has 31 heavy (non-hydrogen) atoms. The fourth-order valence-electron chi connectivity index (χ4n) is 2.67. The lowest BCUT2D eigenvalue weighted by atomic mass is 10.1. The molecule has 3 N–H and O–H groups in total. The summed E-state index contributed by atoms with van der Waals surface area (Å²) < 4.78 is 5.11. The molecule has 0 aliphatic heterocycles. The molecule has 1 heterocycles. The van der Waals surface area contributed by atoms with E-state index in [1.165, 1.54) is 0 Å². The number of nitrogens with zero attached hydrogens (tertiary/aromatic N) is 1. The third-order valence-corrected chi connectivity index (χ3v) is 5.00. The third kappa shape index (κ3) is 6.38. The number of hydrogen-bond acceptors (Lipinski definition) is 6. The van der Waals surface area contributed by atoms with Gasteiger partial charge in [-0.05, 0) is 19.1 Å². The van der Waals surface area contributed by atoms with Crippen molar-refractivity contribution in [2.45, 2.75) is 13.3 Å². The number of amides is 3. The summed E-state index contributed by atoms with van der Waals surface area (Å²) in [6.07, 6.45) is 0.0528. The van der Waals surface area contributed by atoms with Gasteiger partial charge in [-0.3, -0.25) is 4.79 Å². The topological polar surface area (TPSA) is 109 Å². The summed E-state index contributed by atoms with van der Waals surface area (Å²) >= 11 is 1.05. The van der Waals surface area contributed by atoms with Crippen LogP contribution in [0.15, 0.2) is 60.7 Å². The average Bonchev–Trinajstić information content (AvgIpc) is 3.19. The van der Waals surface area contributed by atoms with Gasteiger partial charge in [0.25, 0.3) is 0 Å². The molecule has 1 aromatic heterocycles. The van der Waals surface area contributed by atoms with Crippen LogP contribution in [0.1, 0.15) is 23.0 Å². The van der Waals surface area contributed by atoms with Gasteiger partial charge in [0.2, 0.25) is 5.91 Å². The summed E-state index contributed by atoms with van der Waals surface area (Å²) in [6, 6.07) is 17.8. The first kappa shape index (κ1) is 22.0. The van der Waals surface area contributed by atoms with Crippen LogP contribution in [0.3, 0.4) is 0 Å². The first-order valence-electron chi connectivity index (χ1n) is 9.70. The van der Waals surface area contributed by atoms with Gasteiger partial charge in [-0.25, -0.2) is 14.6 Å². The van der Waals surface area contributed by atoms with E-state index < -0.39 is 12.0 Å². The van der Waals surface area contributed by atoms with Crippen LogP contribution in [0.2, 0.25) is 0 Å². The Bertz CT molecular complexity index is 1040. The summed E-state index contributed by atoms with van der Waals surface area (Å²) in [5, 5.41) is 8.27. The van der Waals surface area contributed by atoms with Gasteiger partial charge in [-0.1, -0.05) is 59.9 Å². The van der Waals surface area contributed by atoms with E-state index in [0.29, 0.717) is 21.4 Å². The number of aromatic nitrogens is 1. The Balaban J connectivity index is 1.58. The monoisotopic (exact) mass is 438 g/mol. The SMILES string of the molecule is CCOC(=O)c1sc(NC(=O)CCNC(=O)Nc2ccccc2)nc1-c1ccccc1. The van der Waals surface area contributed by atoms with Gasteiger partial charge in [0.05, 0.1) is 12.3 Å². The highest BCUT2D eigenvalue weighted by Gasteiger charge is 2.21. The Morgan fingerprint density at radius 3 is 2.32 bits per heavy atom. The second kappa shape index (κ2) is 10.9. The molecule has 9 heteroatoms. The van der Waals surface area contributed by atoms with Crippen molar-refractivity contribution < 1.29 is 19.1 Å². The van der Waals surface area contributed by atoms with Crippen LogP contribution in [0.5, 0.6) is 0 Å². The van der Waals surface area contributed by atoms with Crippen LogP contribution in [0.4, 0.5) is 15.6 Å². The fraction of sp³-hybridized carbons (Fsp3) is 0.182. The summed E-state index contributed by atoms with van der Waals surface area (Å²) in [4.78, 5) is 41.2. The van der Waals surface area contributed by atoms with Crippen LogP contribution in [-0.2, 0) is 9.53 Å². The highest BCUT2D eigenvalue weighted by atomic mass is 32.1. The number of anilines is 2. The second-order valence-electron chi connectivity index (χ2n) is 6.33. The van der Waals surface area contributed by atoms with Crippen molar-refractivity contribution in [1.82, 2.24) is 10.3 Å². The standard InChI is InChI=1S/C22H22N4O4S/c1-2-30-20(28)19-18(15-9-5-3-6-10-15)26-22(31-19)25-17(27)13-14-23-21(29)24-16-11-7-4-8-12-16/h3-12H,2,13-14H2,1H3,(H2,23,24,29)(H,25,26,27). The summed E-state index contributed by atoms with van der Waals surface area (Å²) in [5.74, 6) is -0.817. The Kier molecular flexibility index (Phi) is 7.72. The highest BCUT2D eigenvalue weighted by molar-refractivity contribution is 7.18. The molecule has 0 fully saturated rings. The number of ether oxygens (including phenoxy) is 1. The molecule has 3 amide bonds. The predicted molar refractivity (Wildman–Crippen MR) is 120 cm³/mol. The minimum absolute atomic E-state index is 0.0528. The van der Waals surface area contributed by atoms with Crippen molar-refractivity contribution >= 4 is 40.1 Å². The largest absolute Gasteiger partial charge is 0.462 e. The molecule has 160 valence electrons. The minimum Gasteiger partial charge on any atom is -0.462 e. The zero-order valence-electron chi connectivity index (χ0n) is 16.9. The maximum atomic E-state index is 12.3. The molecule has 0 saturated heterocycles. The number of nitrogens with one attached hydrogen (secondary N) is 3. The minimum atomic E-state index is -0.487. The smallest absolute Gasteiger partial charge is 0.350 e. The van der Waals surface area contributed by atoms with E-state index in [1.54, 1.807) is 19.1 Å². The highest BCUT2D eigenvalue weighted by Crippen LogP contribution is 2.31.